The van der Waals surface area contributed by atoms with Crippen LogP contribution in [0.1, 0.15) is 43.7 Å². The van der Waals surface area contributed by atoms with E-state index in [0.717, 1.165) is 11.1 Å². The minimum absolute atomic E-state index is 0.0751. The van der Waals surface area contributed by atoms with E-state index in [2.05, 4.69) is 5.32 Å². The van der Waals surface area contributed by atoms with Crippen LogP contribution in [0.3, 0.4) is 0 Å². The van der Waals surface area contributed by atoms with E-state index in [1.165, 1.54) is 20.5 Å². The number of likely N-dealkylation sites (N-methyl/N-ethyl adjacent to an activating group) is 1. The number of rotatable bonds is 13. The molecule has 2 aromatic carbocycles. The van der Waals surface area contributed by atoms with Crippen LogP contribution in [-0.2, 0) is 35.8 Å². The lowest BCUT2D eigenvalue weighted by molar-refractivity contribution is -0.132. The topological polar surface area (TPSA) is 93.4 Å². The summed E-state index contributed by atoms with van der Waals surface area (Å²) < 4.78 is 3.08. The molecule has 0 aliphatic carbocycles. The van der Waals surface area contributed by atoms with E-state index in [1.807, 2.05) is 55.5 Å². The predicted molar refractivity (Wildman–Crippen MR) is 160 cm³/mol. The van der Waals surface area contributed by atoms with Crippen molar-refractivity contribution in [2.75, 3.05) is 6.54 Å². The second kappa shape index (κ2) is 14.1. The Morgan fingerprint density at radius 2 is 1.70 bits per heavy atom. The standard InChI is InChI=1S/C30H33ClN4O4S/c1-2-33(20-22-11-5-3-6-12-22)27(37)21-35-25-16-18-40-28(25)29(38)34(30(35)39)17-10-4-7-15-26(36)32-19-23-13-8-9-14-24(23)31/h3,5-6,8-9,11-14,16,18H,2,4,7,10,15,17,19-21H2,1H3,(H,32,36). The van der Waals surface area contributed by atoms with E-state index in [0.29, 0.717) is 60.6 Å². The van der Waals surface area contributed by atoms with Crippen LogP contribution in [0, 0.1) is 0 Å². The number of carbonyl (C=O) groups is 2. The Morgan fingerprint density at radius 1 is 0.950 bits per heavy atom. The van der Waals surface area contributed by atoms with Crippen molar-refractivity contribution in [3.05, 3.63) is 103 Å². The number of nitrogens with one attached hydrogen (secondary N) is 1. The Morgan fingerprint density at radius 3 is 2.45 bits per heavy atom. The first-order chi connectivity index (χ1) is 19.4. The van der Waals surface area contributed by atoms with Crippen molar-refractivity contribution >= 4 is 45.0 Å². The van der Waals surface area contributed by atoms with Gasteiger partial charge in [0.2, 0.25) is 11.8 Å². The van der Waals surface area contributed by atoms with E-state index in [1.54, 1.807) is 22.4 Å². The number of fused-ring (bicyclic) bond motifs is 1. The zero-order valence-electron chi connectivity index (χ0n) is 22.5. The van der Waals surface area contributed by atoms with Crippen LogP contribution >= 0.6 is 22.9 Å². The quantitative estimate of drug-likeness (QED) is 0.230. The molecular weight excluding hydrogens is 548 g/mol. The summed E-state index contributed by atoms with van der Waals surface area (Å²) in [7, 11) is 0. The largest absolute Gasteiger partial charge is 0.352 e. The molecule has 0 atom stereocenters. The molecule has 0 fully saturated rings. The van der Waals surface area contributed by atoms with E-state index >= 15 is 0 Å². The molecule has 210 valence electrons. The van der Waals surface area contributed by atoms with Gasteiger partial charge in [-0.15, -0.1) is 11.3 Å². The normalized spacial score (nSPS) is 11.1. The van der Waals surface area contributed by atoms with E-state index in [4.69, 9.17) is 11.6 Å². The van der Waals surface area contributed by atoms with Gasteiger partial charge in [0.1, 0.15) is 11.2 Å². The van der Waals surface area contributed by atoms with E-state index in [-0.39, 0.29) is 30.5 Å². The summed E-state index contributed by atoms with van der Waals surface area (Å²) in [6.07, 6.45) is 2.21. The SMILES string of the molecule is CCN(Cc1ccccc1)C(=O)Cn1c(=O)n(CCCCCC(=O)NCc2ccccc2Cl)c(=O)c2sccc21. The molecule has 8 nitrogen and oxygen atoms in total. The van der Waals surface area contributed by atoms with Gasteiger partial charge in [0, 0.05) is 37.6 Å². The lowest BCUT2D eigenvalue weighted by atomic mass is 10.1. The molecule has 10 heteroatoms. The molecular formula is C30H33ClN4O4S. The summed E-state index contributed by atoms with van der Waals surface area (Å²) in [5, 5.41) is 5.25. The van der Waals surface area contributed by atoms with Crippen LogP contribution in [0.5, 0.6) is 0 Å². The first-order valence-corrected chi connectivity index (χ1v) is 14.7. The predicted octanol–water partition coefficient (Wildman–Crippen LogP) is 4.80. The van der Waals surface area contributed by atoms with Gasteiger partial charge in [-0.3, -0.25) is 23.5 Å². The van der Waals surface area contributed by atoms with Crippen molar-refractivity contribution in [3.63, 3.8) is 0 Å². The second-order valence-corrected chi connectivity index (χ2v) is 10.9. The summed E-state index contributed by atoms with van der Waals surface area (Å²) in [6, 6.07) is 18.8. The van der Waals surface area contributed by atoms with Crippen molar-refractivity contribution in [1.29, 1.82) is 0 Å². The Bertz CT molecular complexity index is 1580. The smallest absolute Gasteiger partial charge is 0.332 e. The number of amides is 2. The molecule has 1 N–H and O–H groups in total. The van der Waals surface area contributed by atoms with Gasteiger partial charge in [-0.05, 0) is 48.4 Å². The van der Waals surface area contributed by atoms with E-state index < -0.39 is 5.69 Å². The molecule has 2 heterocycles. The number of aromatic nitrogens is 2. The average molecular weight is 581 g/mol. The van der Waals surface area contributed by atoms with Gasteiger partial charge in [-0.25, -0.2) is 4.79 Å². The summed E-state index contributed by atoms with van der Waals surface area (Å²) in [4.78, 5) is 53.7. The minimum atomic E-state index is -0.488. The summed E-state index contributed by atoms with van der Waals surface area (Å²) >= 11 is 7.40. The highest BCUT2D eigenvalue weighted by Gasteiger charge is 2.19. The Balaban J connectivity index is 1.36. The second-order valence-electron chi connectivity index (χ2n) is 9.53. The molecule has 0 saturated carbocycles. The lowest BCUT2D eigenvalue weighted by Crippen LogP contribution is -2.43. The molecule has 0 aliphatic heterocycles. The number of hydrogen-bond acceptors (Lipinski definition) is 5. The molecule has 0 saturated heterocycles. The summed E-state index contributed by atoms with van der Waals surface area (Å²) in [5.74, 6) is -0.261. The molecule has 2 amide bonds. The number of carbonyl (C=O) groups excluding carboxylic acids is 2. The molecule has 0 unspecified atom stereocenters. The van der Waals surface area contributed by atoms with Crippen molar-refractivity contribution in [1.82, 2.24) is 19.4 Å². The maximum atomic E-state index is 13.4. The molecule has 2 aromatic heterocycles. The third-order valence-electron chi connectivity index (χ3n) is 6.80. The van der Waals surface area contributed by atoms with Gasteiger partial charge in [-0.2, -0.15) is 0 Å². The molecule has 40 heavy (non-hydrogen) atoms. The summed E-state index contributed by atoms with van der Waals surface area (Å²) in [5.41, 5.74) is 1.52. The summed E-state index contributed by atoms with van der Waals surface area (Å²) in [6.45, 7) is 3.31. The average Bonchev–Trinajstić information content (AvgIpc) is 3.45. The number of hydrogen-bond donors (Lipinski definition) is 1. The van der Waals surface area contributed by atoms with Gasteiger partial charge in [0.05, 0.1) is 5.52 Å². The highest BCUT2D eigenvalue weighted by Crippen LogP contribution is 2.17. The number of halogens is 1. The Hall–Kier alpha value is -3.69. The van der Waals surface area contributed by atoms with Gasteiger partial charge < -0.3 is 10.2 Å². The number of benzene rings is 2. The zero-order valence-corrected chi connectivity index (χ0v) is 24.0. The highest BCUT2D eigenvalue weighted by molar-refractivity contribution is 7.17. The van der Waals surface area contributed by atoms with Crippen molar-refractivity contribution in [2.45, 2.75) is 58.8 Å². The van der Waals surface area contributed by atoms with Crippen LogP contribution < -0.4 is 16.6 Å². The fraction of sp³-hybridized carbons (Fsp3) is 0.333. The molecule has 0 spiro atoms. The van der Waals surface area contributed by atoms with Gasteiger partial charge in [-0.1, -0.05) is 66.6 Å². The number of thiophene rings is 1. The van der Waals surface area contributed by atoms with Crippen LogP contribution in [-0.4, -0.2) is 32.4 Å². The Kier molecular flexibility index (Phi) is 10.3. The maximum absolute atomic E-state index is 13.4. The van der Waals surface area contributed by atoms with Crippen LogP contribution in [0.2, 0.25) is 5.02 Å². The van der Waals surface area contributed by atoms with Crippen LogP contribution in [0.4, 0.5) is 0 Å². The first kappa shape index (κ1) is 29.3. The third kappa shape index (κ3) is 7.28. The molecule has 4 aromatic rings. The molecule has 4 rings (SSSR count). The van der Waals surface area contributed by atoms with Crippen LogP contribution in [0.15, 0.2) is 75.6 Å². The zero-order chi connectivity index (χ0) is 28.5. The van der Waals surface area contributed by atoms with Crippen LogP contribution in [0.25, 0.3) is 10.2 Å². The van der Waals surface area contributed by atoms with E-state index in [9.17, 15) is 19.2 Å². The maximum Gasteiger partial charge on any atom is 0.332 e. The fourth-order valence-electron chi connectivity index (χ4n) is 4.55. The highest BCUT2D eigenvalue weighted by atomic mass is 35.5. The Labute approximate surface area is 241 Å². The van der Waals surface area contributed by atoms with Crippen molar-refractivity contribution < 1.29 is 9.59 Å². The number of nitrogens with zero attached hydrogens (tertiary/aromatic N) is 3. The fourth-order valence-corrected chi connectivity index (χ4v) is 5.60. The monoisotopic (exact) mass is 580 g/mol. The van der Waals surface area contributed by atoms with Crippen molar-refractivity contribution in [2.24, 2.45) is 0 Å². The van der Waals surface area contributed by atoms with Gasteiger partial charge >= 0.3 is 5.69 Å². The minimum Gasteiger partial charge on any atom is -0.352 e. The van der Waals surface area contributed by atoms with Crippen molar-refractivity contribution in [3.8, 4) is 0 Å². The number of unbranched alkanes of at least 4 members (excludes halogenated alkanes) is 2. The molecule has 0 aliphatic rings. The lowest BCUT2D eigenvalue weighted by Gasteiger charge is -2.22. The molecule has 0 radical (unpaired) electrons. The first-order valence-electron chi connectivity index (χ1n) is 13.4. The third-order valence-corrected chi connectivity index (χ3v) is 8.06. The van der Waals surface area contributed by atoms with Gasteiger partial charge in [0.25, 0.3) is 5.56 Å². The molecule has 0 bridgehead atoms. The van der Waals surface area contributed by atoms with Gasteiger partial charge in [0.15, 0.2) is 0 Å².